The summed E-state index contributed by atoms with van der Waals surface area (Å²) in [5, 5.41) is 6.46. The zero-order chi connectivity index (χ0) is 20.0. The van der Waals surface area contributed by atoms with Gasteiger partial charge in [-0.05, 0) is 43.6 Å². The van der Waals surface area contributed by atoms with Crippen molar-refractivity contribution in [2.24, 2.45) is 0 Å². The van der Waals surface area contributed by atoms with Crippen molar-refractivity contribution >= 4 is 23.4 Å². The van der Waals surface area contributed by atoms with Crippen LogP contribution < -0.4 is 10.6 Å². The number of halogens is 4. The molecular weight excluding hydrogens is 391 g/mol. The van der Waals surface area contributed by atoms with Gasteiger partial charge in [0.2, 0.25) is 5.95 Å². The number of hydrogen-bond acceptors (Lipinski definition) is 5. The van der Waals surface area contributed by atoms with Crippen LogP contribution >= 0.6 is 11.6 Å². The van der Waals surface area contributed by atoms with Gasteiger partial charge in [-0.1, -0.05) is 30.2 Å². The van der Waals surface area contributed by atoms with Crippen LogP contribution in [0.25, 0.3) is 0 Å². The van der Waals surface area contributed by atoms with Crippen molar-refractivity contribution in [2.75, 3.05) is 36.8 Å². The molecule has 0 radical (unpaired) electrons. The van der Waals surface area contributed by atoms with Gasteiger partial charge in [-0.25, -0.2) is 4.98 Å². The number of likely N-dealkylation sites (tertiary alicyclic amines) is 1. The molecule has 1 fully saturated rings. The summed E-state index contributed by atoms with van der Waals surface area (Å²) in [6, 6.07) is 7.99. The van der Waals surface area contributed by atoms with Crippen molar-refractivity contribution < 1.29 is 13.2 Å². The normalized spacial score (nSPS) is 15.4. The second-order valence-electron chi connectivity index (χ2n) is 6.77. The van der Waals surface area contributed by atoms with Gasteiger partial charge in [0.1, 0.15) is 5.82 Å². The molecule has 9 heteroatoms. The smallest absolute Gasteiger partial charge is 0.366 e. The molecule has 0 spiro atoms. The summed E-state index contributed by atoms with van der Waals surface area (Å²) in [4.78, 5) is 10.1. The average molecular weight is 414 g/mol. The lowest BCUT2D eigenvalue weighted by molar-refractivity contribution is -0.141. The Morgan fingerprint density at radius 2 is 1.71 bits per heavy atom. The maximum atomic E-state index is 13.2. The first-order valence-electron chi connectivity index (χ1n) is 9.31. The highest BCUT2D eigenvalue weighted by atomic mass is 35.5. The molecular formula is C19H23ClF3N5. The Labute approximate surface area is 167 Å². The maximum absolute atomic E-state index is 13.2. The summed E-state index contributed by atoms with van der Waals surface area (Å²) < 4.78 is 39.6. The minimum Gasteiger partial charge on any atom is -0.366 e. The molecule has 1 aliphatic heterocycles. The summed E-state index contributed by atoms with van der Waals surface area (Å²) in [5.74, 6) is 0.100. The van der Waals surface area contributed by atoms with E-state index in [4.69, 9.17) is 11.6 Å². The molecule has 2 heterocycles. The van der Waals surface area contributed by atoms with Crippen molar-refractivity contribution in [3.63, 3.8) is 0 Å². The first-order valence-corrected chi connectivity index (χ1v) is 9.69. The molecule has 2 N–H and O–H groups in total. The molecule has 0 atom stereocenters. The fourth-order valence-corrected chi connectivity index (χ4v) is 3.19. The first kappa shape index (κ1) is 20.7. The number of hydrogen-bond donors (Lipinski definition) is 2. The van der Waals surface area contributed by atoms with E-state index in [1.165, 1.54) is 19.3 Å². The molecule has 5 nitrogen and oxygen atoms in total. The van der Waals surface area contributed by atoms with Crippen molar-refractivity contribution in [1.29, 1.82) is 0 Å². The van der Waals surface area contributed by atoms with Crippen LogP contribution in [-0.2, 0) is 12.7 Å². The molecule has 3 rings (SSSR count). The third kappa shape index (κ3) is 6.24. The topological polar surface area (TPSA) is 53.1 Å². The standard InChI is InChI=1S/C19H23ClF3N5/c20-15-6-4-14(5-7-15)13-25-17-12-16(19(21,22)23)26-18(27-17)24-8-11-28-9-2-1-3-10-28/h4-7,12H,1-3,8-11,13H2,(H2,24,25,26,27). The predicted octanol–water partition coefficient (Wildman–Crippen LogP) is 4.66. The number of benzene rings is 1. The fraction of sp³-hybridized carbons (Fsp3) is 0.474. The van der Waals surface area contributed by atoms with E-state index in [0.717, 1.165) is 31.3 Å². The molecule has 28 heavy (non-hydrogen) atoms. The van der Waals surface area contributed by atoms with Crippen LogP contribution in [0.5, 0.6) is 0 Å². The van der Waals surface area contributed by atoms with Crippen LogP contribution in [0.15, 0.2) is 30.3 Å². The van der Waals surface area contributed by atoms with Crippen molar-refractivity contribution in [1.82, 2.24) is 14.9 Å². The number of nitrogens with zero attached hydrogens (tertiary/aromatic N) is 3. The van der Waals surface area contributed by atoms with Gasteiger partial charge in [-0.2, -0.15) is 18.2 Å². The van der Waals surface area contributed by atoms with E-state index >= 15 is 0 Å². The number of aromatic nitrogens is 2. The Balaban J connectivity index is 1.64. The summed E-state index contributed by atoms with van der Waals surface area (Å²) in [6.07, 6.45) is -0.968. The van der Waals surface area contributed by atoms with Gasteiger partial charge in [0.15, 0.2) is 5.69 Å². The lowest BCUT2D eigenvalue weighted by Crippen LogP contribution is -2.34. The Kier molecular flexibility index (Phi) is 6.96. The highest BCUT2D eigenvalue weighted by molar-refractivity contribution is 6.30. The minimum absolute atomic E-state index is 0.0227. The molecule has 1 aliphatic rings. The molecule has 0 bridgehead atoms. The Morgan fingerprint density at radius 1 is 1.00 bits per heavy atom. The molecule has 1 aromatic carbocycles. The van der Waals surface area contributed by atoms with Gasteiger partial charge in [0, 0.05) is 30.7 Å². The zero-order valence-electron chi connectivity index (χ0n) is 15.4. The monoisotopic (exact) mass is 413 g/mol. The third-order valence-electron chi connectivity index (χ3n) is 4.56. The number of rotatable bonds is 7. The number of piperidine rings is 1. The number of nitrogens with one attached hydrogen (secondary N) is 2. The lowest BCUT2D eigenvalue weighted by Gasteiger charge is -2.26. The van der Waals surface area contributed by atoms with E-state index in [1.54, 1.807) is 24.3 Å². The zero-order valence-corrected chi connectivity index (χ0v) is 16.2. The van der Waals surface area contributed by atoms with Gasteiger partial charge in [0.05, 0.1) is 0 Å². The van der Waals surface area contributed by atoms with E-state index in [2.05, 4.69) is 25.5 Å². The number of alkyl halides is 3. The summed E-state index contributed by atoms with van der Waals surface area (Å²) in [7, 11) is 0. The van der Waals surface area contributed by atoms with Crippen LogP contribution in [0, 0.1) is 0 Å². The summed E-state index contributed by atoms with van der Waals surface area (Å²) in [6.45, 7) is 3.64. The van der Waals surface area contributed by atoms with Crippen molar-refractivity contribution in [3.8, 4) is 0 Å². The SMILES string of the molecule is FC(F)(F)c1cc(NCc2ccc(Cl)cc2)nc(NCCN2CCCCC2)n1. The van der Waals surface area contributed by atoms with E-state index in [9.17, 15) is 13.2 Å². The molecule has 152 valence electrons. The molecule has 1 aromatic heterocycles. The van der Waals surface area contributed by atoms with Crippen LogP contribution in [0.4, 0.5) is 24.9 Å². The third-order valence-corrected chi connectivity index (χ3v) is 4.82. The highest BCUT2D eigenvalue weighted by Gasteiger charge is 2.33. The van der Waals surface area contributed by atoms with E-state index < -0.39 is 11.9 Å². The van der Waals surface area contributed by atoms with Crippen LogP contribution in [0.1, 0.15) is 30.5 Å². The summed E-state index contributed by atoms with van der Waals surface area (Å²) >= 11 is 5.85. The largest absolute Gasteiger partial charge is 0.433 e. The molecule has 1 saturated heterocycles. The van der Waals surface area contributed by atoms with E-state index in [1.807, 2.05) is 0 Å². The fourth-order valence-electron chi connectivity index (χ4n) is 3.07. The van der Waals surface area contributed by atoms with Crippen molar-refractivity contribution in [2.45, 2.75) is 32.0 Å². The Bertz CT molecular complexity index is 761. The molecule has 0 amide bonds. The van der Waals surface area contributed by atoms with Crippen LogP contribution in [0.2, 0.25) is 5.02 Å². The average Bonchev–Trinajstić information content (AvgIpc) is 2.68. The maximum Gasteiger partial charge on any atom is 0.433 e. The van der Waals surface area contributed by atoms with E-state index in [0.29, 0.717) is 18.1 Å². The van der Waals surface area contributed by atoms with Gasteiger partial charge in [-0.3, -0.25) is 0 Å². The van der Waals surface area contributed by atoms with E-state index in [-0.39, 0.29) is 11.8 Å². The summed E-state index contributed by atoms with van der Waals surface area (Å²) in [5.41, 5.74) is -0.0854. The lowest BCUT2D eigenvalue weighted by atomic mass is 10.1. The molecule has 2 aromatic rings. The Hall–Kier alpha value is -2.06. The molecule has 0 saturated carbocycles. The number of anilines is 2. The first-order chi connectivity index (χ1) is 13.4. The predicted molar refractivity (Wildman–Crippen MR) is 105 cm³/mol. The van der Waals surface area contributed by atoms with Gasteiger partial charge < -0.3 is 15.5 Å². The van der Waals surface area contributed by atoms with Gasteiger partial charge in [0.25, 0.3) is 0 Å². The van der Waals surface area contributed by atoms with Crippen LogP contribution in [-0.4, -0.2) is 41.0 Å². The van der Waals surface area contributed by atoms with Crippen molar-refractivity contribution in [3.05, 3.63) is 46.6 Å². The second-order valence-corrected chi connectivity index (χ2v) is 7.21. The molecule has 0 unspecified atom stereocenters. The van der Waals surface area contributed by atoms with Crippen LogP contribution in [0.3, 0.4) is 0 Å². The minimum atomic E-state index is -4.54. The molecule has 0 aliphatic carbocycles. The van der Waals surface area contributed by atoms with Gasteiger partial charge >= 0.3 is 6.18 Å². The van der Waals surface area contributed by atoms with Gasteiger partial charge in [-0.15, -0.1) is 0 Å². The quantitative estimate of drug-likeness (QED) is 0.691. The second kappa shape index (κ2) is 9.43. The Morgan fingerprint density at radius 3 is 2.39 bits per heavy atom. The highest BCUT2D eigenvalue weighted by Crippen LogP contribution is 2.29.